The molecule has 7 nitrogen and oxygen atoms in total. The summed E-state index contributed by atoms with van der Waals surface area (Å²) in [6.45, 7) is 19.7. The molecular formula is C24H42ClN7. The number of aryl methyl sites for hydroxylation is 1. The molecule has 0 saturated carbocycles. The number of rotatable bonds is 2. The summed E-state index contributed by atoms with van der Waals surface area (Å²) in [5.74, 6) is 0. The molecule has 2 aliphatic rings. The molecule has 0 spiro atoms. The third kappa shape index (κ3) is 7.33. The number of nitriles is 1. The Morgan fingerprint density at radius 3 is 2.50 bits per heavy atom. The molecule has 2 aromatic rings. The minimum absolute atomic E-state index is 0.294. The van der Waals surface area contributed by atoms with E-state index < -0.39 is 0 Å². The van der Waals surface area contributed by atoms with Gasteiger partial charge >= 0.3 is 0 Å². The maximum absolute atomic E-state index is 8.64. The van der Waals surface area contributed by atoms with E-state index in [0.717, 1.165) is 44.8 Å². The fourth-order valence-electron chi connectivity index (χ4n) is 3.95. The lowest BCUT2D eigenvalue weighted by atomic mass is 10.1. The maximum Gasteiger partial charge on any atom is 0.0954 e. The number of hydrogen-bond donors (Lipinski definition) is 0. The monoisotopic (exact) mass is 463 g/mol. The number of nitrogens with zero attached hydrogens (tertiary/aromatic N) is 7. The van der Waals surface area contributed by atoms with Crippen molar-refractivity contribution >= 4 is 11.6 Å². The van der Waals surface area contributed by atoms with Crippen LogP contribution in [0.4, 0.5) is 0 Å². The molecule has 0 radical (unpaired) electrons. The Balaban J connectivity index is 0.000000279. The Labute approximate surface area is 200 Å². The average Bonchev–Trinajstić information content (AvgIpc) is 3.30. The van der Waals surface area contributed by atoms with Gasteiger partial charge in [-0.25, -0.2) is 4.98 Å². The molecule has 2 aromatic heterocycles. The molecule has 0 fully saturated rings. The minimum Gasteiger partial charge on any atom is -0.332 e. The first kappa shape index (κ1) is 28.2. The molecule has 0 saturated heterocycles. The molecule has 0 aromatic carbocycles. The predicted molar refractivity (Wildman–Crippen MR) is 133 cm³/mol. The number of halogens is 1. The van der Waals surface area contributed by atoms with Crippen molar-refractivity contribution in [3.63, 3.8) is 0 Å². The lowest BCUT2D eigenvalue weighted by molar-refractivity contribution is 0.115. The number of hydrogen-bond acceptors (Lipinski definition) is 5. The average molecular weight is 464 g/mol. The van der Waals surface area contributed by atoms with Crippen LogP contribution in [0.3, 0.4) is 0 Å². The van der Waals surface area contributed by atoms with Crippen LogP contribution in [0, 0.1) is 11.3 Å². The zero-order valence-corrected chi connectivity index (χ0v) is 22.0. The van der Waals surface area contributed by atoms with Crippen LogP contribution in [-0.2, 0) is 32.6 Å². The van der Waals surface area contributed by atoms with Gasteiger partial charge in [-0.2, -0.15) is 10.4 Å². The van der Waals surface area contributed by atoms with Crippen LogP contribution in [0.25, 0.3) is 0 Å². The first-order chi connectivity index (χ1) is 15.4. The van der Waals surface area contributed by atoms with Gasteiger partial charge < -0.3 is 9.47 Å². The van der Waals surface area contributed by atoms with Crippen molar-refractivity contribution in [3.05, 3.63) is 34.6 Å². The summed E-state index contributed by atoms with van der Waals surface area (Å²) in [7, 11) is 2.07. The molecule has 4 heterocycles. The Hall–Kier alpha value is -1.88. The third-order valence-corrected chi connectivity index (χ3v) is 5.91. The van der Waals surface area contributed by atoms with E-state index in [-0.39, 0.29) is 0 Å². The first-order valence-corrected chi connectivity index (χ1v) is 12.3. The summed E-state index contributed by atoms with van der Waals surface area (Å²) < 4.78 is 4.20. The Morgan fingerprint density at radius 1 is 1.19 bits per heavy atom. The van der Waals surface area contributed by atoms with E-state index in [9.17, 15) is 0 Å². The predicted octanol–water partition coefficient (Wildman–Crippen LogP) is 4.99. The minimum atomic E-state index is 0.294. The second-order valence-electron chi connectivity index (χ2n) is 8.01. The summed E-state index contributed by atoms with van der Waals surface area (Å²) in [6, 6.07) is 3.34. The van der Waals surface area contributed by atoms with Crippen LogP contribution >= 0.6 is 11.6 Å². The van der Waals surface area contributed by atoms with E-state index in [4.69, 9.17) is 16.9 Å². The zero-order valence-electron chi connectivity index (χ0n) is 21.3. The SMILES string of the molecule is CC.CC.CC(C)N1Cc2cncn2CC1C.CN1CCCn2nc(CC#N)c(Cl)c2C1. The van der Waals surface area contributed by atoms with Gasteiger partial charge in [0, 0.05) is 51.0 Å². The molecule has 0 N–H and O–H groups in total. The summed E-state index contributed by atoms with van der Waals surface area (Å²) >= 11 is 6.20. The van der Waals surface area contributed by atoms with E-state index in [0.29, 0.717) is 29.2 Å². The molecule has 32 heavy (non-hydrogen) atoms. The summed E-state index contributed by atoms with van der Waals surface area (Å²) in [5, 5.41) is 13.7. The molecular weight excluding hydrogens is 422 g/mol. The number of aromatic nitrogens is 4. The highest BCUT2D eigenvalue weighted by molar-refractivity contribution is 6.31. The van der Waals surface area contributed by atoms with Crippen LogP contribution in [0.5, 0.6) is 0 Å². The topological polar surface area (TPSA) is 65.9 Å². The quantitative estimate of drug-likeness (QED) is 0.627. The smallest absolute Gasteiger partial charge is 0.0954 e. The Morgan fingerprint density at radius 2 is 1.88 bits per heavy atom. The van der Waals surface area contributed by atoms with Crippen molar-refractivity contribution in [3.8, 4) is 6.07 Å². The van der Waals surface area contributed by atoms with Gasteiger partial charge in [0.2, 0.25) is 0 Å². The van der Waals surface area contributed by atoms with E-state index in [2.05, 4.69) is 58.3 Å². The van der Waals surface area contributed by atoms with Gasteiger partial charge in [-0.1, -0.05) is 39.3 Å². The van der Waals surface area contributed by atoms with Gasteiger partial charge in [-0.3, -0.25) is 9.58 Å². The molecule has 0 amide bonds. The van der Waals surface area contributed by atoms with Crippen LogP contribution < -0.4 is 0 Å². The highest BCUT2D eigenvalue weighted by Crippen LogP contribution is 2.24. The highest BCUT2D eigenvalue weighted by atomic mass is 35.5. The van der Waals surface area contributed by atoms with Crippen LogP contribution in [0.15, 0.2) is 12.5 Å². The van der Waals surface area contributed by atoms with E-state index in [1.54, 1.807) is 0 Å². The standard InChI is InChI=1S/C10H13ClN4.C10H17N3.2C2H6/c1-14-5-2-6-15-9(7-14)10(11)8(13-15)3-4-12;1-8(2)13-6-10-4-11-7-12(10)5-9(13)3;2*1-2/h2-3,5-7H2,1H3;4,7-9H,5-6H2,1-3H3;2*1-2H3. The summed E-state index contributed by atoms with van der Waals surface area (Å²) in [4.78, 5) is 8.90. The molecule has 8 heteroatoms. The van der Waals surface area contributed by atoms with Crippen LogP contribution in [-0.4, -0.2) is 54.8 Å². The van der Waals surface area contributed by atoms with Crippen molar-refractivity contribution in [1.82, 2.24) is 29.1 Å². The van der Waals surface area contributed by atoms with E-state index in [1.807, 2.05) is 44.9 Å². The van der Waals surface area contributed by atoms with E-state index >= 15 is 0 Å². The molecule has 2 aliphatic heterocycles. The van der Waals surface area contributed by atoms with Crippen molar-refractivity contribution in [2.75, 3.05) is 13.6 Å². The Bertz CT molecular complexity index is 834. The molecule has 1 atom stereocenters. The molecule has 0 aliphatic carbocycles. The lowest BCUT2D eigenvalue weighted by Gasteiger charge is -2.37. The largest absolute Gasteiger partial charge is 0.332 e. The second kappa shape index (κ2) is 14.3. The van der Waals surface area contributed by atoms with Crippen molar-refractivity contribution in [2.24, 2.45) is 0 Å². The Kier molecular flexibility index (Phi) is 12.6. The third-order valence-electron chi connectivity index (χ3n) is 5.47. The van der Waals surface area contributed by atoms with Gasteiger partial charge in [0.25, 0.3) is 0 Å². The molecule has 1 unspecified atom stereocenters. The normalized spacial score (nSPS) is 17.8. The van der Waals surface area contributed by atoms with Gasteiger partial charge in [0.15, 0.2) is 0 Å². The van der Waals surface area contributed by atoms with Gasteiger partial charge in [-0.15, -0.1) is 0 Å². The second-order valence-corrected chi connectivity index (χ2v) is 8.39. The first-order valence-electron chi connectivity index (χ1n) is 11.9. The maximum atomic E-state index is 8.64. The molecule has 180 valence electrons. The van der Waals surface area contributed by atoms with Crippen molar-refractivity contribution in [2.45, 2.75) is 99.6 Å². The number of fused-ring (bicyclic) bond motifs is 2. The van der Waals surface area contributed by atoms with Gasteiger partial charge in [0.05, 0.1) is 40.9 Å². The summed E-state index contributed by atoms with van der Waals surface area (Å²) in [5.41, 5.74) is 3.10. The number of imidazole rings is 1. The van der Waals surface area contributed by atoms with Crippen molar-refractivity contribution < 1.29 is 0 Å². The van der Waals surface area contributed by atoms with Crippen LogP contribution in [0.1, 0.15) is 72.0 Å². The fourth-order valence-corrected chi connectivity index (χ4v) is 4.21. The molecule has 4 rings (SSSR count). The van der Waals surface area contributed by atoms with Crippen molar-refractivity contribution in [1.29, 1.82) is 5.26 Å². The fraction of sp³-hybridized carbons (Fsp3) is 0.708. The summed E-state index contributed by atoms with van der Waals surface area (Å²) in [6.07, 6.45) is 5.28. The zero-order chi connectivity index (χ0) is 24.3. The van der Waals surface area contributed by atoms with Gasteiger partial charge in [-0.05, 0) is 34.2 Å². The lowest BCUT2D eigenvalue weighted by Crippen LogP contribution is -2.44. The van der Waals surface area contributed by atoms with E-state index in [1.165, 1.54) is 5.69 Å². The molecule has 0 bridgehead atoms. The van der Waals surface area contributed by atoms with Gasteiger partial charge in [0.1, 0.15) is 0 Å². The highest BCUT2D eigenvalue weighted by Gasteiger charge is 2.24. The van der Waals surface area contributed by atoms with Crippen LogP contribution in [0.2, 0.25) is 5.02 Å².